The first-order valence-electron chi connectivity index (χ1n) is 10.3. The molecule has 3 N–H and O–H groups in total. The SMILES string of the molecule is O=C1COc2ccc(-c3cn4ccnc4c(Nc4ccc(N5CC(O)C5)cc4)n3)cc2N1. The van der Waals surface area contributed by atoms with Gasteiger partial charge >= 0.3 is 0 Å². The van der Waals surface area contributed by atoms with Crippen LogP contribution in [-0.2, 0) is 4.79 Å². The lowest BCUT2D eigenvalue weighted by Crippen LogP contribution is -2.50. The summed E-state index contributed by atoms with van der Waals surface area (Å²) >= 11 is 0. The van der Waals surface area contributed by atoms with Crippen molar-refractivity contribution in [2.45, 2.75) is 6.10 Å². The molecule has 0 spiro atoms. The van der Waals surface area contributed by atoms with Crippen molar-refractivity contribution in [2.24, 2.45) is 0 Å². The van der Waals surface area contributed by atoms with Gasteiger partial charge in [0, 0.05) is 48.6 Å². The van der Waals surface area contributed by atoms with Crippen molar-refractivity contribution in [1.82, 2.24) is 14.4 Å². The summed E-state index contributed by atoms with van der Waals surface area (Å²) in [4.78, 5) is 23.1. The smallest absolute Gasteiger partial charge is 0.262 e. The lowest BCUT2D eigenvalue weighted by molar-refractivity contribution is -0.118. The van der Waals surface area contributed by atoms with E-state index in [0.717, 1.165) is 22.6 Å². The molecule has 0 atom stereocenters. The molecule has 0 aliphatic carbocycles. The molecule has 0 radical (unpaired) electrons. The number of carbonyl (C=O) groups excluding carboxylic acids is 1. The van der Waals surface area contributed by atoms with E-state index in [1.54, 1.807) is 6.20 Å². The molecule has 1 fully saturated rings. The molecule has 32 heavy (non-hydrogen) atoms. The number of carbonyl (C=O) groups is 1. The Hall–Kier alpha value is -4.11. The third-order valence-electron chi connectivity index (χ3n) is 5.64. The first-order valence-corrected chi connectivity index (χ1v) is 10.3. The second-order valence-electron chi connectivity index (χ2n) is 7.91. The highest BCUT2D eigenvalue weighted by atomic mass is 16.5. The van der Waals surface area contributed by atoms with Crippen molar-refractivity contribution in [1.29, 1.82) is 0 Å². The molecule has 4 heterocycles. The number of aliphatic hydroxyl groups is 1. The number of ether oxygens (including phenoxy) is 1. The van der Waals surface area contributed by atoms with Crippen molar-refractivity contribution in [3.05, 3.63) is 61.1 Å². The number of nitrogens with zero attached hydrogens (tertiary/aromatic N) is 4. The minimum atomic E-state index is -0.239. The average Bonchev–Trinajstić information content (AvgIpc) is 3.26. The van der Waals surface area contributed by atoms with Crippen LogP contribution >= 0.6 is 0 Å². The Kier molecular flexibility index (Phi) is 4.22. The van der Waals surface area contributed by atoms with Crippen LogP contribution in [0.2, 0.25) is 0 Å². The third kappa shape index (κ3) is 3.28. The zero-order chi connectivity index (χ0) is 21.7. The molecule has 9 heteroatoms. The third-order valence-corrected chi connectivity index (χ3v) is 5.64. The lowest BCUT2D eigenvalue weighted by atomic mass is 10.1. The van der Waals surface area contributed by atoms with E-state index < -0.39 is 0 Å². The Morgan fingerprint density at radius 2 is 2.00 bits per heavy atom. The summed E-state index contributed by atoms with van der Waals surface area (Å²) in [6, 6.07) is 13.6. The van der Waals surface area contributed by atoms with Gasteiger partial charge in [0.25, 0.3) is 5.91 Å². The number of aromatic nitrogens is 3. The number of β-amino-alcohol motifs (C(OH)–C–C–N with tert-alkyl or cyclic N) is 1. The maximum atomic E-state index is 11.7. The van der Waals surface area contributed by atoms with E-state index in [4.69, 9.17) is 9.72 Å². The van der Waals surface area contributed by atoms with Crippen molar-refractivity contribution in [3.8, 4) is 17.0 Å². The summed E-state index contributed by atoms with van der Waals surface area (Å²) in [6.45, 7) is 1.35. The second kappa shape index (κ2) is 7.24. The Bertz CT molecular complexity index is 1330. The van der Waals surface area contributed by atoms with Gasteiger partial charge in [0.2, 0.25) is 0 Å². The van der Waals surface area contributed by atoms with Crippen LogP contribution in [0.3, 0.4) is 0 Å². The summed E-state index contributed by atoms with van der Waals surface area (Å²) in [5.74, 6) is 1.09. The molecule has 160 valence electrons. The Balaban J connectivity index is 1.33. The van der Waals surface area contributed by atoms with Crippen molar-refractivity contribution in [2.75, 3.05) is 35.2 Å². The number of hydrogen-bond donors (Lipinski definition) is 3. The molecule has 1 saturated heterocycles. The molecule has 1 amide bonds. The molecule has 6 rings (SSSR count). The highest BCUT2D eigenvalue weighted by Gasteiger charge is 2.24. The van der Waals surface area contributed by atoms with Gasteiger partial charge in [0.15, 0.2) is 18.1 Å². The molecule has 2 aliphatic heterocycles. The first kappa shape index (κ1) is 18.6. The normalized spacial score (nSPS) is 15.7. The summed E-state index contributed by atoms with van der Waals surface area (Å²) in [5, 5.41) is 15.7. The average molecular weight is 428 g/mol. The molecule has 4 aromatic rings. The topological polar surface area (TPSA) is 104 Å². The van der Waals surface area contributed by atoms with Crippen LogP contribution in [0.15, 0.2) is 61.1 Å². The molecule has 0 unspecified atom stereocenters. The van der Waals surface area contributed by atoms with Crippen LogP contribution in [0.1, 0.15) is 0 Å². The number of amides is 1. The molecular formula is C23H20N6O3. The fourth-order valence-corrected chi connectivity index (χ4v) is 3.96. The van der Waals surface area contributed by atoms with Crippen LogP contribution in [0.5, 0.6) is 5.75 Å². The van der Waals surface area contributed by atoms with E-state index in [1.165, 1.54) is 0 Å². The van der Waals surface area contributed by atoms with Gasteiger partial charge in [-0.1, -0.05) is 0 Å². The number of rotatable bonds is 4. The predicted octanol–water partition coefficient (Wildman–Crippen LogP) is 2.65. The van der Waals surface area contributed by atoms with Crippen molar-refractivity contribution < 1.29 is 14.6 Å². The van der Waals surface area contributed by atoms with Crippen LogP contribution in [0.25, 0.3) is 16.9 Å². The fraction of sp³-hybridized carbons (Fsp3) is 0.174. The minimum absolute atomic E-state index is 0.0246. The highest BCUT2D eigenvalue weighted by molar-refractivity contribution is 5.96. The monoisotopic (exact) mass is 428 g/mol. The quantitative estimate of drug-likeness (QED) is 0.459. The Labute approximate surface area is 183 Å². The van der Waals surface area contributed by atoms with Gasteiger partial charge in [-0.25, -0.2) is 9.97 Å². The summed E-state index contributed by atoms with van der Waals surface area (Å²) < 4.78 is 7.37. The van der Waals surface area contributed by atoms with E-state index in [1.807, 2.05) is 59.3 Å². The van der Waals surface area contributed by atoms with E-state index in [9.17, 15) is 9.90 Å². The molecule has 0 bridgehead atoms. The van der Waals surface area contributed by atoms with E-state index in [2.05, 4.69) is 20.5 Å². The summed E-state index contributed by atoms with van der Waals surface area (Å²) in [7, 11) is 0. The number of hydrogen-bond acceptors (Lipinski definition) is 7. The Morgan fingerprint density at radius 3 is 2.81 bits per heavy atom. The number of aliphatic hydroxyl groups excluding tert-OH is 1. The molecule has 0 saturated carbocycles. The largest absolute Gasteiger partial charge is 0.482 e. The molecule has 2 aromatic carbocycles. The van der Waals surface area contributed by atoms with Gasteiger partial charge in [-0.2, -0.15) is 0 Å². The van der Waals surface area contributed by atoms with Crippen molar-refractivity contribution >= 4 is 34.4 Å². The van der Waals surface area contributed by atoms with E-state index in [-0.39, 0.29) is 18.6 Å². The number of benzene rings is 2. The standard InChI is InChI=1S/C23H20N6O3/c30-17-10-29(11-17)16-4-2-15(3-5-16)25-22-23-24-7-8-28(23)12-19(27-22)14-1-6-20-18(9-14)26-21(31)13-32-20/h1-9,12,17,30H,10-11,13H2,(H,25,27)(H,26,31). The highest BCUT2D eigenvalue weighted by Crippen LogP contribution is 2.33. The lowest BCUT2D eigenvalue weighted by Gasteiger charge is -2.37. The van der Waals surface area contributed by atoms with Gasteiger partial charge < -0.3 is 29.8 Å². The number of fused-ring (bicyclic) bond motifs is 2. The van der Waals surface area contributed by atoms with E-state index >= 15 is 0 Å². The zero-order valence-corrected chi connectivity index (χ0v) is 17.0. The fourth-order valence-electron chi connectivity index (χ4n) is 3.96. The number of nitrogens with one attached hydrogen (secondary N) is 2. The van der Waals surface area contributed by atoms with Crippen molar-refractivity contribution in [3.63, 3.8) is 0 Å². The maximum absolute atomic E-state index is 11.7. The van der Waals surface area contributed by atoms with Gasteiger partial charge in [-0.3, -0.25) is 4.79 Å². The van der Waals surface area contributed by atoms with Gasteiger partial charge in [-0.15, -0.1) is 0 Å². The van der Waals surface area contributed by atoms with Crippen LogP contribution in [-0.4, -0.2) is 51.2 Å². The Morgan fingerprint density at radius 1 is 1.16 bits per heavy atom. The second-order valence-corrected chi connectivity index (χ2v) is 7.91. The zero-order valence-electron chi connectivity index (χ0n) is 17.0. The predicted molar refractivity (Wildman–Crippen MR) is 120 cm³/mol. The van der Waals surface area contributed by atoms with Crippen LogP contribution < -0.4 is 20.3 Å². The van der Waals surface area contributed by atoms with E-state index in [0.29, 0.717) is 36.0 Å². The maximum Gasteiger partial charge on any atom is 0.262 e. The molecule has 2 aliphatic rings. The minimum Gasteiger partial charge on any atom is -0.482 e. The molecule has 2 aromatic heterocycles. The molecule has 9 nitrogen and oxygen atoms in total. The summed E-state index contributed by atoms with van der Waals surface area (Å²) in [5.41, 5.74) is 4.87. The molecular weight excluding hydrogens is 408 g/mol. The van der Waals surface area contributed by atoms with Gasteiger partial charge in [0.05, 0.1) is 17.5 Å². The first-order chi connectivity index (χ1) is 15.6. The van der Waals surface area contributed by atoms with Crippen LogP contribution in [0.4, 0.5) is 22.9 Å². The summed E-state index contributed by atoms with van der Waals surface area (Å²) in [6.07, 6.45) is 5.26. The number of imidazole rings is 1. The van der Waals surface area contributed by atoms with Crippen LogP contribution in [0, 0.1) is 0 Å². The number of anilines is 4. The van der Waals surface area contributed by atoms with Gasteiger partial charge in [-0.05, 0) is 42.5 Å². The van der Waals surface area contributed by atoms with Gasteiger partial charge in [0.1, 0.15) is 5.75 Å².